The minimum absolute atomic E-state index is 0.226. The van der Waals surface area contributed by atoms with Crippen LogP contribution < -0.4 is 5.32 Å². The van der Waals surface area contributed by atoms with E-state index in [1.165, 1.54) is 16.9 Å². The predicted molar refractivity (Wildman–Crippen MR) is 102 cm³/mol. The molecule has 2 bridgehead atoms. The molecule has 6 heteroatoms. The van der Waals surface area contributed by atoms with Gasteiger partial charge in [-0.3, -0.25) is 9.69 Å². The zero-order valence-electron chi connectivity index (χ0n) is 15.7. The van der Waals surface area contributed by atoms with Crippen molar-refractivity contribution in [2.75, 3.05) is 0 Å². The highest BCUT2D eigenvalue weighted by Gasteiger charge is 2.58. The summed E-state index contributed by atoms with van der Waals surface area (Å²) in [5.41, 5.74) is 1.89. The van der Waals surface area contributed by atoms with E-state index in [1.54, 1.807) is 11.3 Å². The van der Waals surface area contributed by atoms with Gasteiger partial charge in [0.2, 0.25) is 5.91 Å². The molecule has 0 radical (unpaired) electrons. The van der Waals surface area contributed by atoms with Crippen LogP contribution in [-0.2, 0) is 17.9 Å². The Bertz CT molecular complexity index is 766. The Hall–Kier alpha value is -1.66. The number of carbonyl (C=O) groups is 1. The third-order valence-electron chi connectivity index (χ3n) is 6.49. The maximum Gasteiger partial charge on any atom is 0.228 e. The van der Waals surface area contributed by atoms with Crippen molar-refractivity contribution >= 4 is 17.2 Å². The van der Waals surface area contributed by atoms with Crippen LogP contribution in [0.25, 0.3) is 0 Å². The molecule has 2 aromatic heterocycles. The minimum atomic E-state index is -0.265. The first-order valence-electron chi connectivity index (χ1n) is 9.53. The van der Waals surface area contributed by atoms with Crippen LogP contribution in [0, 0.1) is 19.3 Å². The van der Waals surface area contributed by atoms with E-state index in [9.17, 15) is 4.79 Å². The molecule has 2 fully saturated rings. The molecular formula is C20H27N3O2S. The Balaban J connectivity index is 1.51. The second-order valence-corrected chi connectivity index (χ2v) is 8.73. The molecule has 4 heterocycles. The zero-order valence-corrected chi connectivity index (χ0v) is 16.6. The Morgan fingerprint density at radius 2 is 2.31 bits per heavy atom. The maximum atomic E-state index is 13.2. The summed E-state index contributed by atoms with van der Waals surface area (Å²) in [5.74, 6) is 1.13. The van der Waals surface area contributed by atoms with E-state index in [2.05, 4.69) is 33.7 Å². The van der Waals surface area contributed by atoms with E-state index in [4.69, 9.17) is 4.52 Å². The highest BCUT2D eigenvalue weighted by molar-refractivity contribution is 7.09. The lowest BCUT2D eigenvalue weighted by Crippen LogP contribution is -2.48. The molecule has 4 rings (SSSR count). The van der Waals surface area contributed by atoms with Gasteiger partial charge in [0, 0.05) is 29.1 Å². The molecule has 1 N–H and O–H groups in total. The quantitative estimate of drug-likeness (QED) is 0.837. The Labute approximate surface area is 158 Å². The summed E-state index contributed by atoms with van der Waals surface area (Å²) in [6.45, 7) is 7.63. The number of thiophene rings is 1. The molecule has 2 aliphatic heterocycles. The van der Waals surface area contributed by atoms with Crippen LogP contribution in [0.5, 0.6) is 0 Å². The average molecular weight is 374 g/mol. The first-order valence-corrected chi connectivity index (χ1v) is 10.4. The fourth-order valence-corrected chi connectivity index (χ4v) is 5.64. The molecular weight excluding hydrogens is 346 g/mol. The predicted octanol–water partition coefficient (Wildman–Crippen LogP) is 3.80. The van der Waals surface area contributed by atoms with Gasteiger partial charge in [0.1, 0.15) is 5.76 Å². The highest BCUT2D eigenvalue weighted by atomic mass is 32.1. The third kappa shape index (κ3) is 2.79. The summed E-state index contributed by atoms with van der Waals surface area (Å²) in [5, 5.41) is 9.37. The van der Waals surface area contributed by atoms with E-state index >= 15 is 0 Å². The van der Waals surface area contributed by atoms with Gasteiger partial charge in [0.25, 0.3) is 0 Å². The van der Waals surface area contributed by atoms with Crippen molar-refractivity contribution in [2.45, 2.75) is 71.6 Å². The smallest absolute Gasteiger partial charge is 0.228 e. The number of aromatic nitrogens is 1. The van der Waals surface area contributed by atoms with Crippen molar-refractivity contribution in [3.63, 3.8) is 0 Å². The van der Waals surface area contributed by atoms with Crippen molar-refractivity contribution in [1.29, 1.82) is 0 Å². The molecule has 0 saturated carbocycles. The van der Waals surface area contributed by atoms with Gasteiger partial charge in [-0.2, -0.15) is 0 Å². The van der Waals surface area contributed by atoms with Gasteiger partial charge in [-0.05, 0) is 51.0 Å². The van der Waals surface area contributed by atoms with Crippen LogP contribution in [0.2, 0.25) is 0 Å². The van der Waals surface area contributed by atoms with Crippen LogP contribution in [-0.4, -0.2) is 28.0 Å². The first kappa shape index (κ1) is 17.7. The van der Waals surface area contributed by atoms with E-state index in [0.29, 0.717) is 18.6 Å². The molecule has 140 valence electrons. The molecule has 0 spiro atoms. The van der Waals surface area contributed by atoms with E-state index in [-0.39, 0.29) is 11.3 Å². The second kappa shape index (κ2) is 6.82. The van der Waals surface area contributed by atoms with Crippen molar-refractivity contribution in [3.8, 4) is 0 Å². The normalized spacial score (nSPS) is 28.0. The fourth-order valence-electron chi connectivity index (χ4n) is 5.00. The molecule has 5 nitrogen and oxygen atoms in total. The van der Waals surface area contributed by atoms with E-state index in [0.717, 1.165) is 37.3 Å². The number of aryl methyl sites for hydroxylation is 2. The summed E-state index contributed by atoms with van der Waals surface area (Å²) in [6.07, 6.45) is 4.15. The maximum absolute atomic E-state index is 13.2. The summed E-state index contributed by atoms with van der Waals surface area (Å²) in [4.78, 5) is 17.0. The summed E-state index contributed by atoms with van der Waals surface area (Å²) in [7, 11) is 0. The Morgan fingerprint density at radius 1 is 1.46 bits per heavy atom. The molecule has 2 saturated heterocycles. The van der Waals surface area contributed by atoms with Gasteiger partial charge < -0.3 is 9.84 Å². The van der Waals surface area contributed by atoms with Crippen molar-refractivity contribution in [2.24, 2.45) is 5.41 Å². The SMILES string of the molecule is CC[C@@]1(C(=O)NCc2cccs2)C[C@@H]2CC[C@H]1N2Cc1c(C)noc1C. The lowest BCUT2D eigenvalue weighted by molar-refractivity contribution is -0.133. The number of nitrogens with one attached hydrogen (secondary N) is 1. The Kier molecular flexibility index (Phi) is 4.65. The van der Waals surface area contributed by atoms with Crippen LogP contribution in [0.4, 0.5) is 0 Å². The van der Waals surface area contributed by atoms with Crippen LogP contribution >= 0.6 is 11.3 Å². The van der Waals surface area contributed by atoms with Gasteiger partial charge in [-0.1, -0.05) is 18.1 Å². The summed E-state index contributed by atoms with van der Waals surface area (Å²) >= 11 is 1.69. The van der Waals surface area contributed by atoms with Gasteiger partial charge in [0.15, 0.2) is 0 Å². The number of hydrogen-bond donors (Lipinski definition) is 1. The van der Waals surface area contributed by atoms with E-state index in [1.807, 2.05) is 19.9 Å². The van der Waals surface area contributed by atoms with Gasteiger partial charge in [-0.15, -0.1) is 11.3 Å². The van der Waals surface area contributed by atoms with Crippen molar-refractivity contribution < 1.29 is 9.32 Å². The first-order chi connectivity index (χ1) is 12.5. The molecule has 3 atom stereocenters. The molecule has 1 amide bonds. The molecule has 0 aliphatic carbocycles. The highest BCUT2D eigenvalue weighted by Crippen LogP contribution is 2.52. The zero-order chi connectivity index (χ0) is 18.3. The fraction of sp³-hybridized carbons (Fsp3) is 0.600. The van der Waals surface area contributed by atoms with E-state index < -0.39 is 0 Å². The summed E-state index contributed by atoms with van der Waals surface area (Å²) < 4.78 is 5.35. The van der Waals surface area contributed by atoms with Crippen molar-refractivity contribution in [1.82, 2.24) is 15.4 Å². The largest absolute Gasteiger partial charge is 0.361 e. The molecule has 2 aromatic rings. The topological polar surface area (TPSA) is 58.4 Å². The third-order valence-corrected chi connectivity index (χ3v) is 7.37. The van der Waals surface area contributed by atoms with Gasteiger partial charge in [-0.25, -0.2) is 0 Å². The Morgan fingerprint density at radius 3 is 2.96 bits per heavy atom. The van der Waals surface area contributed by atoms with Gasteiger partial charge in [0.05, 0.1) is 17.7 Å². The molecule has 0 unspecified atom stereocenters. The van der Waals surface area contributed by atoms with Crippen LogP contribution in [0.1, 0.15) is 54.5 Å². The lowest BCUT2D eigenvalue weighted by Gasteiger charge is -2.35. The number of rotatable bonds is 6. The number of nitrogens with zero attached hydrogens (tertiary/aromatic N) is 2. The summed E-state index contributed by atoms with van der Waals surface area (Å²) in [6, 6.07) is 4.91. The monoisotopic (exact) mass is 373 g/mol. The molecule has 26 heavy (non-hydrogen) atoms. The molecule has 0 aromatic carbocycles. The lowest BCUT2D eigenvalue weighted by atomic mass is 9.71. The number of carbonyl (C=O) groups excluding carboxylic acids is 1. The average Bonchev–Trinajstić information content (AvgIpc) is 3.41. The van der Waals surface area contributed by atoms with Gasteiger partial charge >= 0.3 is 0 Å². The second-order valence-electron chi connectivity index (χ2n) is 7.70. The van der Waals surface area contributed by atoms with Crippen LogP contribution in [0.15, 0.2) is 22.0 Å². The van der Waals surface area contributed by atoms with Crippen molar-refractivity contribution in [3.05, 3.63) is 39.4 Å². The molecule has 2 aliphatic rings. The number of fused-ring (bicyclic) bond motifs is 2. The minimum Gasteiger partial charge on any atom is -0.361 e. The standard InChI is InChI=1S/C20H27N3O2S/c1-4-20(19(24)21-11-16-6-5-9-26-16)10-15-7-8-18(20)23(15)12-17-13(2)22-25-14(17)3/h5-6,9,15,18H,4,7-8,10-12H2,1-3H3,(H,21,24)/t15-,18+,20+/m0/s1. The number of hydrogen-bond acceptors (Lipinski definition) is 5. The number of amides is 1. The van der Waals surface area contributed by atoms with Crippen LogP contribution in [0.3, 0.4) is 0 Å².